The summed E-state index contributed by atoms with van der Waals surface area (Å²) in [4.78, 5) is 15.8. The van der Waals surface area contributed by atoms with Gasteiger partial charge in [0.2, 0.25) is 5.91 Å². The molecule has 1 unspecified atom stereocenters. The Kier molecular flexibility index (Phi) is 4.75. The predicted octanol–water partition coefficient (Wildman–Crippen LogP) is 3.22. The minimum Gasteiger partial charge on any atom is -0.310 e. The highest BCUT2D eigenvalue weighted by atomic mass is 79.9. The predicted molar refractivity (Wildman–Crippen MR) is 64.6 cm³/mol. The summed E-state index contributed by atoms with van der Waals surface area (Å²) in [5.41, 5.74) is 0. The molecule has 0 aliphatic carbocycles. The van der Waals surface area contributed by atoms with Gasteiger partial charge in [-0.2, -0.15) is 0 Å². The Balaban J connectivity index is 2.58. The van der Waals surface area contributed by atoms with Crippen LogP contribution in [0, 0.1) is 5.92 Å². The van der Waals surface area contributed by atoms with E-state index in [1.807, 2.05) is 19.1 Å². The van der Waals surface area contributed by atoms with Crippen LogP contribution in [0.4, 0.5) is 5.82 Å². The van der Waals surface area contributed by atoms with Crippen LogP contribution in [0.15, 0.2) is 22.8 Å². The third-order valence-electron chi connectivity index (χ3n) is 2.14. The van der Waals surface area contributed by atoms with Gasteiger partial charge >= 0.3 is 0 Å². The molecule has 4 heteroatoms. The van der Waals surface area contributed by atoms with Gasteiger partial charge in [-0.3, -0.25) is 4.79 Å². The highest BCUT2D eigenvalue weighted by Gasteiger charge is 2.12. The summed E-state index contributed by atoms with van der Waals surface area (Å²) in [6.45, 7) is 4.00. The molecular weight excluding hydrogens is 256 g/mol. The molecule has 0 saturated heterocycles. The number of anilines is 1. The zero-order valence-corrected chi connectivity index (χ0v) is 10.5. The Morgan fingerprint density at radius 3 is 2.93 bits per heavy atom. The Labute approximate surface area is 98.4 Å². The molecule has 0 spiro atoms. The van der Waals surface area contributed by atoms with E-state index >= 15 is 0 Å². The molecule has 15 heavy (non-hydrogen) atoms. The average molecular weight is 271 g/mol. The molecule has 1 heterocycles. The number of nitrogens with zero attached hydrogens (tertiary/aromatic N) is 1. The van der Waals surface area contributed by atoms with Gasteiger partial charge in [0.1, 0.15) is 10.4 Å². The Morgan fingerprint density at radius 1 is 1.60 bits per heavy atom. The van der Waals surface area contributed by atoms with Crippen molar-refractivity contribution in [3.63, 3.8) is 0 Å². The first-order valence-corrected chi connectivity index (χ1v) is 5.86. The van der Waals surface area contributed by atoms with Crippen molar-refractivity contribution in [2.24, 2.45) is 5.92 Å². The van der Waals surface area contributed by atoms with Crippen molar-refractivity contribution in [3.05, 3.63) is 22.8 Å². The molecule has 0 fully saturated rings. The van der Waals surface area contributed by atoms with E-state index < -0.39 is 0 Å². The standard InChI is InChI=1S/C11H15BrN2O/c1-3-5-8(2)11(15)14-10-7-4-6-9(12)13-10/h4,6-8H,3,5H2,1-2H3,(H,13,14,15). The molecule has 0 aliphatic heterocycles. The van der Waals surface area contributed by atoms with Crippen LogP contribution >= 0.6 is 15.9 Å². The second-order valence-electron chi connectivity index (χ2n) is 3.52. The molecule has 1 N–H and O–H groups in total. The van der Waals surface area contributed by atoms with Gasteiger partial charge < -0.3 is 5.32 Å². The largest absolute Gasteiger partial charge is 0.310 e. The topological polar surface area (TPSA) is 42.0 Å². The van der Waals surface area contributed by atoms with Gasteiger partial charge in [0.15, 0.2) is 0 Å². The number of hydrogen-bond donors (Lipinski definition) is 1. The first-order chi connectivity index (χ1) is 7.13. The van der Waals surface area contributed by atoms with Crippen molar-refractivity contribution >= 4 is 27.7 Å². The number of amides is 1. The van der Waals surface area contributed by atoms with Crippen LogP contribution in [0.2, 0.25) is 0 Å². The quantitative estimate of drug-likeness (QED) is 0.854. The molecule has 1 rings (SSSR count). The van der Waals surface area contributed by atoms with Gasteiger partial charge in [0.05, 0.1) is 0 Å². The van der Waals surface area contributed by atoms with E-state index in [0.717, 1.165) is 17.4 Å². The van der Waals surface area contributed by atoms with Gasteiger partial charge in [-0.25, -0.2) is 4.98 Å². The second kappa shape index (κ2) is 5.85. The lowest BCUT2D eigenvalue weighted by molar-refractivity contribution is -0.119. The summed E-state index contributed by atoms with van der Waals surface area (Å²) in [5.74, 6) is 0.663. The normalized spacial score (nSPS) is 12.2. The second-order valence-corrected chi connectivity index (χ2v) is 4.34. The summed E-state index contributed by atoms with van der Waals surface area (Å²) >= 11 is 3.26. The maximum absolute atomic E-state index is 11.6. The number of carbonyl (C=O) groups is 1. The Morgan fingerprint density at radius 2 is 2.33 bits per heavy atom. The fourth-order valence-electron chi connectivity index (χ4n) is 1.29. The van der Waals surface area contributed by atoms with Crippen molar-refractivity contribution in [1.29, 1.82) is 0 Å². The molecule has 1 aromatic heterocycles. The monoisotopic (exact) mass is 270 g/mol. The number of pyridine rings is 1. The smallest absolute Gasteiger partial charge is 0.228 e. The van der Waals surface area contributed by atoms with Gasteiger partial charge in [-0.05, 0) is 34.5 Å². The van der Waals surface area contributed by atoms with E-state index in [-0.39, 0.29) is 11.8 Å². The van der Waals surface area contributed by atoms with E-state index in [9.17, 15) is 4.79 Å². The third-order valence-corrected chi connectivity index (χ3v) is 2.58. The zero-order valence-electron chi connectivity index (χ0n) is 8.96. The van der Waals surface area contributed by atoms with Crippen LogP contribution in [0.3, 0.4) is 0 Å². The van der Waals surface area contributed by atoms with E-state index in [0.29, 0.717) is 5.82 Å². The highest BCUT2D eigenvalue weighted by Crippen LogP contribution is 2.12. The maximum atomic E-state index is 11.6. The number of carbonyl (C=O) groups excluding carboxylic acids is 1. The molecule has 0 radical (unpaired) electrons. The zero-order chi connectivity index (χ0) is 11.3. The average Bonchev–Trinajstić information content (AvgIpc) is 2.18. The van der Waals surface area contributed by atoms with Gasteiger partial charge in [0.25, 0.3) is 0 Å². The van der Waals surface area contributed by atoms with Crippen LogP contribution in [0.25, 0.3) is 0 Å². The van der Waals surface area contributed by atoms with Crippen LogP contribution in [0.5, 0.6) is 0 Å². The minimum atomic E-state index is 0.0300. The van der Waals surface area contributed by atoms with Crippen molar-refractivity contribution in [2.75, 3.05) is 5.32 Å². The lowest BCUT2D eigenvalue weighted by atomic mass is 10.1. The first kappa shape index (κ1) is 12.2. The lowest BCUT2D eigenvalue weighted by Crippen LogP contribution is -2.20. The van der Waals surface area contributed by atoms with E-state index in [1.54, 1.807) is 6.07 Å². The molecule has 0 aliphatic rings. The SMILES string of the molecule is CCCC(C)C(=O)Nc1cccc(Br)n1. The van der Waals surface area contributed by atoms with Crippen LogP contribution in [-0.2, 0) is 4.79 Å². The van der Waals surface area contributed by atoms with E-state index in [1.165, 1.54) is 0 Å². The lowest BCUT2D eigenvalue weighted by Gasteiger charge is -2.10. The third kappa shape index (κ3) is 4.00. The van der Waals surface area contributed by atoms with Crippen LogP contribution in [0.1, 0.15) is 26.7 Å². The summed E-state index contributed by atoms with van der Waals surface area (Å²) in [6.07, 6.45) is 1.92. The van der Waals surface area contributed by atoms with Crippen molar-refractivity contribution in [1.82, 2.24) is 4.98 Å². The highest BCUT2D eigenvalue weighted by molar-refractivity contribution is 9.10. The molecule has 1 aromatic rings. The number of aromatic nitrogens is 1. The molecule has 0 bridgehead atoms. The summed E-state index contributed by atoms with van der Waals surface area (Å²) < 4.78 is 0.725. The Bertz CT molecular complexity index is 341. The number of nitrogens with one attached hydrogen (secondary N) is 1. The molecule has 3 nitrogen and oxygen atoms in total. The molecule has 0 saturated carbocycles. The molecular formula is C11H15BrN2O. The summed E-state index contributed by atoms with van der Waals surface area (Å²) in [7, 11) is 0. The van der Waals surface area contributed by atoms with Crippen LogP contribution in [-0.4, -0.2) is 10.9 Å². The van der Waals surface area contributed by atoms with Crippen molar-refractivity contribution in [3.8, 4) is 0 Å². The van der Waals surface area contributed by atoms with Crippen molar-refractivity contribution < 1.29 is 4.79 Å². The fraction of sp³-hybridized carbons (Fsp3) is 0.455. The summed E-state index contributed by atoms with van der Waals surface area (Å²) in [5, 5.41) is 2.79. The minimum absolute atomic E-state index is 0.0300. The van der Waals surface area contributed by atoms with Crippen molar-refractivity contribution in [2.45, 2.75) is 26.7 Å². The van der Waals surface area contributed by atoms with Gasteiger partial charge in [0, 0.05) is 5.92 Å². The number of halogens is 1. The fourth-order valence-corrected chi connectivity index (χ4v) is 1.64. The van der Waals surface area contributed by atoms with E-state index in [4.69, 9.17) is 0 Å². The Hall–Kier alpha value is -0.900. The number of hydrogen-bond acceptors (Lipinski definition) is 2. The van der Waals surface area contributed by atoms with E-state index in [2.05, 4.69) is 33.2 Å². The molecule has 1 atom stereocenters. The molecule has 82 valence electrons. The van der Waals surface area contributed by atoms with Gasteiger partial charge in [-0.1, -0.05) is 26.3 Å². The molecule has 0 aromatic carbocycles. The molecule has 1 amide bonds. The van der Waals surface area contributed by atoms with Gasteiger partial charge in [-0.15, -0.1) is 0 Å². The summed E-state index contributed by atoms with van der Waals surface area (Å²) in [6, 6.07) is 5.45. The number of rotatable bonds is 4. The maximum Gasteiger partial charge on any atom is 0.228 e. The first-order valence-electron chi connectivity index (χ1n) is 5.07. The van der Waals surface area contributed by atoms with Crippen LogP contribution < -0.4 is 5.32 Å².